The summed E-state index contributed by atoms with van der Waals surface area (Å²) in [6.07, 6.45) is 1.09. The number of hydrogen-bond acceptors (Lipinski definition) is 2. The van der Waals surface area contributed by atoms with Crippen molar-refractivity contribution in [2.24, 2.45) is 11.3 Å². The van der Waals surface area contributed by atoms with Crippen LogP contribution in [0.25, 0.3) is 0 Å². The number of Topliss-reactive ketones (excluding diaryl/α,β-unsaturated/α-hetero) is 1. The van der Waals surface area contributed by atoms with Gasteiger partial charge in [0.15, 0.2) is 0 Å². The van der Waals surface area contributed by atoms with E-state index in [0.717, 1.165) is 13.0 Å². The zero-order valence-corrected chi connectivity index (χ0v) is 5.52. The van der Waals surface area contributed by atoms with Crippen LogP contribution in [0.4, 0.5) is 0 Å². The predicted molar refractivity (Wildman–Crippen MR) is 32.0 cm³/mol. The first-order valence-electron chi connectivity index (χ1n) is 3.34. The van der Waals surface area contributed by atoms with Crippen molar-refractivity contribution >= 4 is 5.78 Å². The van der Waals surface area contributed by atoms with E-state index in [0.29, 0.717) is 18.3 Å². The molecule has 0 spiro atoms. The molecule has 0 aromatic heterocycles. The molecule has 2 unspecified atom stereocenters. The summed E-state index contributed by atoms with van der Waals surface area (Å²) >= 11 is 0. The summed E-state index contributed by atoms with van der Waals surface area (Å²) in [7, 11) is 0. The van der Waals surface area contributed by atoms with Crippen LogP contribution in [0.5, 0.6) is 0 Å². The van der Waals surface area contributed by atoms with Crippen LogP contribution < -0.4 is 0 Å². The Morgan fingerprint density at radius 1 is 1.78 bits per heavy atom. The fourth-order valence-corrected chi connectivity index (χ4v) is 1.69. The number of fused-ring (bicyclic) bond motifs is 1. The molecule has 1 heterocycles. The van der Waals surface area contributed by atoms with E-state index in [1.807, 2.05) is 0 Å². The Morgan fingerprint density at radius 3 is 2.78 bits per heavy atom. The monoisotopic (exact) mass is 126 g/mol. The van der Waals surface area contributed by atoms with Crippen LogP contribution in [0, 0.1) is 11.3 Å². The lowest BCUT2D eigenvalue weighted by molar-refractivity contribution is -0.122. The second-order valence-corrected chi connectivity index (χ2v) is 3.13. The van der Waals surface area contributed by atoms with Crippen LogP contribution in [-0.4, -0.2) is 19.0 Å². The van der Waals surface area contributed by atoms with E-state index in [1.165, 1.54) is 0 Å². The molecule has 0 amide bonds. The minimum atomic E-state index is 0.000000000000000222. The number of ketones is 1. The quantitative estimate of drug-likeness (QED) is 0.514. The van der Waals surface area contributed by atoms with Gasteiger partial charge in [0.1, 0.15) is 5.78 Å². The second kappa shape index (κ2) is 1.37. The largest absolute Gasteiger partial charge is 0.380 e. The summed E-state index contributed by atoms with van der Waals surface area (Å²) in [5.74, 6) is 0.903. The van der Waals surface area contributed by atoms with Crippen LogP contribution in [0.2, 0.25) is 0 Å². The molecule has 2 fully saturated rings. The number of carbonyl (C=O) groups is 1. The first kappa shape index (κ1) is 5.42. The average Bonchev–Trinajstić information content (AvgIpc) is 2.38. The van der Waals surface area contributed by atoms with Crippen LogP contribution in [-0.2, 0) is 9.53 Å². The number of hydrogen-bond donors (Lipinski definition) is 0. The van der Waals surface area contributed by atoms with Crippen molar-refractivity contribution in [1.29, 1.82) is 0 Å². The molecule has 1 saturated heterocycles. The standard InChI is InChI=1S/C7H10O2/c1-5(8)7-2-6(7)3-9-4-7/h6H,2-4H2,1H3. The Kier molecular flexibility index (Phi) is 0.826. The fraction of sp³-hybridized carbons (Fsp3) is 0.857. The SMILES string of the molecule is CC(=O)C12COCC1C2. The van der Waals surface area contributed by atoms with Crippen molar-refractivity contribution in [3.05, 3.63) is 0 Å². The van der Waals surface area contributed by atoms with Crippen molar-refractivity contribution < 1.29 is 9.53 Å². The smallest absolute Gasteiger partial charge is 0.138 e. The molecule has 2 atom stereocenters. The van der Waals surface area contributed by atoms with Gasteiger partial charge in [-0.1, -0.05) is 0 Å². The third kappa shape index (κ3) is 0.517. The van der Waals surface area contributed by atoms with E-state index in [9.17, 15) is 4.79 Å². The summed E-state index contributed by atoms with van der Waals surface area (Å²) in [5.41, 5.74) is 0.000000000000000222. The van der Waals surface area contributed by atoms with Crippen LogP contribution in [0.15, 0.2) is 0 Å². The molecule has 50 valence electrons. The molecular weight excluding hydrogens is 116 g/mol. The minimum absolute atomic E-state index is 0.000000000000000222. The normalized spacial score (nSPS) is 46.6. The predicted octanol–water partition coefficient (Wildman–Crippen LogP) is 0.612. The summed E-state index contributed by atoms with van der Waals surface area (Å²) < 4.78 is 5.15. The van der Waals surface area contributed by atoms with E-state index in [-0.39, 0.29) is 5.41 Å². The Hall–Kier alpha value is -0.370. The molecular formula is C7H10O2. The summed E-state index contributed by atoms with van der Waals surface area (Å²) in [5, 5.41) is 0. The minimum Gasteiger partial charge on any atom is -0.380 e. The maximum absolute atomic E-state index is 10.9. The Morgan fingerprint density at radius 2 is 2.56 bits per heavy atom. The average molecular weight is 126 g/mol. The highest BCUT2D eigenvalue weighted by Gasteiger charge is 2.61. The van der Waals surface area contributed by atoms with Crippen LogP contribution in [0.1, 0.15) is 13.3 Å². The zero-order chi connectivity index (χ0) is 6.48. The van der Waals surface area contributed by atoms with Crippen molar-refractivity contribution in [3.63, 3.8) is 0 Å². The molecule has 1 aliphatic carbocycles. The van der Waals surface area contributed by atoms with Gasteiger partial charge in [0, 0.05) is 0 Å². The summed E-state index contributed by atoms with van der Waals surface area (Å²) in [6, 6.07) is 0. The molecule has 1 saturated carbocycles. The third-order valence-electron chi connectivity index (χ3n) is 2.61. The first-order chi connectivity index (χ1) is 4.26. The van der Waals surface area contributed by atoms with E-state index >= 15 is 0 Å². The van der Waals surface area contributed by atoms with Gasteiger partial charge >= 0.3 is 0 Å². The molecule has 2 aliphatic rings. The second-order valence-electron chi connectivity index (χ2n) is 3.13. The van der Waals surface area contributed by atoms with Gasteiger partial charge in [-0.05, 0) is 19.3 Å². The highest BCUT2D eigenvalue weighted by atomic mass is 16.5. The molecule has 2 nitrogen and oxygen atoms in total. The molecule has 1 aliphatic heterocycles. The molecule has 0 bridgehead atoms. The molecule has 2 heteroatoms. The molecule has 9 heavy (non-hydrogen) atoms. The zero-order valence-electron chi connectivity index (χ0n) is 5.52. The third-order valence-corrected chi connectivity index (χ3v) is 2.61. The maximum atomic E-state index is 10.9. The Labute approximate surface area is 54.2 Å². The van der Waals surface area contributed by atoms with Crippen molar-refractivity contribution in [3.8, 4) is 0 Å². The molecule has 0 aromatic rings. The van der Waals surface area contributed by atoms with E-state index < -0.39 is 0 Å². The number of carbonyl (C=O) groups excluding carboxylic acids is 1. The van der Waals surface area contributed by atoms with Gasteiger partial charge in [0.2, 0.25) is 0 Å². The lowest BCUT2D eigenvalue weighted by Crippen LogP contribution is -2.15. The van der Waals surface area contributed by atoms with Gasteiger partial charge in [-0.3, -0.25) is 4.79 Å². The van der Waals surface area contributed by atoms with E-state index in [4.69, 9.17) is 4.74 Å². The Bertz CT molecular complexity index is 164. The highest BCUT2D eigenvalue weighted by Crippen LogP contribution is 2.57. The van der Waals surface area contributed by atoms with E-state index in [1.54, 1.807) is 6.92 Å². The summed E-state index contributed by atoms with van der Waals surface area (Å²) in [6.45, 7) is 3.18. The van der Waals surface area contributed by atoms with Gasteiger partial charge in [0.05, 0.1) is 18.6 Å². The van der Waals surface area contributed by atoms with Crippen molar-refractivity contribution in [1.82, 2.24) is 0 Å². The molecule has 0 aromatic carbocycles. The van der Waals surface area contributed by atoms with Gasteiger partial charge in [-0.15, -0.1) is 0 Å². The molecule has 0 radical (unpaired) electrons. The van der Waals surface area contributed by atoms with Gasteiger partial charge in [-0.25, -0.2) is 0 Å². The van der Waals surface area contributed by atoms with Crippen molar-refractivity contribution in [2.45, 2.75) is 13.3 Å². The lowest BCUT2D eigenvalue weighted by atomic mass is 10.0. The lowest BCUT2D eigenvalue weighted by Gasteiger charge is -2.02. The van der Waals surface area contributed by atoms with Crippen LogP contribution in [0.3, 0.4) is 0 Å². The Balaban J connectivity index is 2.19. The number of ether oxygens (including phenoxy) is 1. The topological polar surface area (TPSA) is 26.3 Å². The van der Waals surface area contributed by atoms with Crippen molar-refractivity contribution in [2.75, 3.05) is 13.2 Å². The van der Waals surface area contributed by atoms with Gasteiger partial charge in [-0.2, -0.15) is 0 Å². The van der Waals surface area contributed by atoms with Gasteiger partial charge in [0.25, 0.3) is 0 Å². The highest BCUT2D eigenvalue weighted by molar-refractivity contribution is 5.86. The number of rotatable bonds is 1. The summed E-state index contributed by atoms with van der Waals surface area (Å²) in [4.78, 5) is 10.9. The van der Waals surface area contributed by atoms with Gasteiger partial charge < -0.3 is 4.74 Å². The van der Waals surface area contributed by atoms with Crippen LogP contribution >= 0.6 is 0 Å². The maximum Gasteiger partial charge on any atom is 0.138 e. The molecule has 2 rings (SSSR count). The first-order valence-corrected chi connectivity index (χ1v) is 3.34. The fourth-order valence-electron chi connectivity index (χ4n) is 1.69. The van der Waals surface area contributed by atoms with E-state index in [2.05, 4.69) is 0 Å². The molecule has 0 N–H and O–H groups in total.